The molecule has 1 aliphatic rings. The Hall–Kier alpha value is -0.760. The first kappa shape index (κ1) is 14.2. The molecule has 88 valence electrons. The lowest BCUT2D eigenvalue weighted by molar-refractivity contribution is -0.977. The van der Waals surface area contributed by atoms with E-state index in [1.165, 1.54) is 0 Å². The summed E-state index contributed by atoms with van der Waals surface area (Å²) in [4.78, 5) is 9.40. The zero-order valence-corrected chi connectivity index (χ0v) is 10.1. The average molecular weight is 236 g/mol. The molecule has 0 aliphatic carbocycles. The minimum atomic E-state index is -3.92. The number of quaternary nitrogens is 1. The van der Waals surface area contributed by atoms with Gasteiger partial charge < -0.3 is 4.55 Å². The molecule has 0 aromatic heterocycles. The number of rotatable bonds is 2. The van der Waals surface area contributed by atoms with Gasteiger partial charge in [-0.25, -0.2) is 8.42 Å². The van der Waals surface area contributed by atoms with Gasteiger partial charge in [0.15, 0.2) is 5.70 Å². The summed E-state index contributed by atoms with van der Waals surface area (Å²) < 4.78 is 27.2. The van der Waals surface area contributed by atoms with Crippen LogP contribution in [0.3, 0.4) is 0 Å². The molecule has 1 heterocycles. The monoisotopic (exact) mass is 236 g/mol. The first-order valence-electron chi connectivity index (χ1n) is 4.38. The van der Waals surface area contributed by atoms with E-state index in [4.69, 9.17) is 17.8 Å². The maximum absolute atomic E-state index is 9.08. The summed E-state index contributed by atoms with van der Waals surface area (Å²) in [5, 5.41) is 0.917. The molecule has 1 rings (SSSR count). The lowest BCUT2D eigenvalue weighted by Crippen LogP contribution is -3.07. The molecule has 0 bridgehead atoms. The van der Waals surface area contributed by atoms with Crippen LogP contribution in [0, 0.1) is 0 Å². The maximum atomic E-state index is 9.08. The van der Waals surface area contributed by atoms with Crippen molar-refractivity contribution in [2.45, 2.75) is 20.8 Å². The van der Waals surface area contributed by atoms with Gasteiger partial charge in [0.25, 0.3) is 0 Å². The Balaban J connectivity index is 0.000000336. The maximum Gasteiger partial charge on any atom is 0.226 e. The van der Waals surface area contributed by atoms with Crippen LogP contribution in [-0.4, -0.2) is 32.2 Å². The zero-order chi connectivity index (χ0) is 12.1. The normalized spacial score (nSPS) is 20.2. The third-order valence-electron chi connectivity index (χ3n) is 1.59. The predicted octanol–water partition coefficient (Wildman–Crippen LogP) is -0.722. The van der Waals surface area contributed by atoms with E-state index < -0.39 is 10.1 Å². The highest BCUT2D eigenvalue weighted by Crippen LogP contribution is 2.00. The molecule has 1 aliphatic heterocycles. The predicted molar refractivity (Wildman–Crippen MR) is 55.1 cm³/mol. The molecule has 0 spiro atoms. The molecule has 0 aromatic rings. The van der Waals surface area contributed by atoms with Crippen molar-refractivity contribution >= 4 is 16.5 Å². The molecule has 6 nitrogen and oxygen atoms in total. The van der Waals surface area contributed by atoms with E-state index in [1.807, 2.05) is 20.8 Å². The molecule has 15 heavy (non-hydrogen) atoms. The average Bonchev–Trinajstić information content (AvgIpc) is 2.34. The fourth-order valence-corrected chi connectivity index (χ4v) is 0.828. The van der Waals surface area contributed by atoms with Gasteiger partial charge >= 0.3 is 0 Å². The minimum Gasteiger partial charge on any atom is -0.748 e. The third kappa shape index (κ3) is 7.20. The number of hydrogen-bond donors (Lipinski definition) is 1. The second kappa shape index (κ2) is 5.96. The van der Waals surface area contributed by atoms with Crippen LogP contribution in [0.4, 0.5) is 0 Å². The summed E-state index contributed by atoms with van der Waals surface area (Å²) in [7, 11) is -3.92. The van der Waals surface area contributed by atoms with E-state index in [2.05, 4.69) is 4.99 Å². The summed E-state index contributed by atoms with van der Waals surface area (Å²) in [6, 6.07) is 0. The van der Waals surface area contributed by atoms with Crippen LogP contribution < -0.4 is 5.06 Å². The van der Waals surface area contributed by atoms with Crippen LogP contribution in [0.5, 0.6) is 0 Å². The largest absolute Gasteiger partial charge is 0.748 e. The Morgan fingerprint density at radius 1 is 1.53 bits per heavy atom. The smallest absolute Gasteiger partial charge is 0.226 e. The molecule has 1 unspecified atom stereocenters. The van der Waals surface area contributed by atoms with Crippen LogP contribution in [-0.2, 0) is 15.0 Å². The highest BCUT2D eigenvalue weighted by molar-refractivity contribution is 7.84. The molecule has 0 saturated heterocycles. The Kier molecular flexibility index (Phi) is 5.66. The number of hydrogen-bond acceptors (Lipinski definition) is 5. The first-order valence-corrected chi connectivity index (χ1v) is 6.20. The van der Waals surface area contributed by atoms with Crippen LogP contribution >= 0.6 is 0 Å². The number of aliphatic imine (C=N–C) groups is 1. The summed E-state index contributed by atoms with van der Waals surface area (Å²) in [5.41, 5.74) is 2.21. The Morgan fingerprint density at radius 2 is 2.00 bits per heavy atom. The lowest BCUT2D eigenvalue weighted by Gasteiger charge is -2.05. The van der Waals surface area contributed by atoms with Gasteiger partial charge in [-0.3, -0.25) is 0 Å². The van der Waals surface area contributed by atoms with Crippen LogP contribution in [0.2, 0.25) is 0 Å². The van der Waals surface area contributed by atoms with Crippen molar-refractivity contribution in [3.63, 3.8) is 0 Å². The van der Waals surface area contributed by atoms with Gasteiger partial charge in [0.1, 0.15) is 12.3 Å². The summed E-state index contributed by atoms with van der Waals surface area (Å²) >= 11 is 0. The second-order valence-electron chi connectivity index (χ2n) is 2.97. The lowest BCUT2D eigenvalue weighted by atomic mass is 10.4. The molecule has 1 N–H and O–H groups in total. The zero-order valence-electron chi connectivity index (χ0n) is 9.27. The number of hydroxylamine groups is 2. The van der Waals surface area contributed by atoms with Crippen molar-refractivity contribution in [2.24, 2.45) is 4.99 Å². The number of allylic oxidation sites excluding steroid dienone is 2. The molecule has 1 atom stereocenters. The summed E-state index contributed by atoms with van der Waals surface area (Å²) in [6.07, 6.45) is 2.38. The Bertz CT molecular complexity index is 351. The Morgan fingerprint density at radius 3 is 2.27 bits per heavy atom. The van der Waals surface area contributed by atoms with Gasteiger partial charge in [-0.2, -0.15) is 9.83 Å². The van der Waals surface area contributed by atoms with E-state index >= 15 is 0 Å². The molecule has 0 saturated carbocycles. The summed E-state index contributed by atoms with van der Waals surface area (Å²) in [6.45, 7) is 6.69. The van der Waals surface area contributed by atoms with Crippen LogP contribution in [0.1, 0.15) is 20.8 Å². The molecule has 7 heteroatoms. The van der Waals surface area contributed by atoms with E-state index in [0.717, 1.165) is 16.5 Å². The van der Waals surface area contributed by atoms with Crippen molar-refractivity contribution in [2.75, 3.05) is 12.9 Å². The van der Waals surface area contributed by atoms with Crippen molar-refractivity contribution in [3.8, 4) is 0 Å². The van der Waals surface area contributed by atoms with Gasteiger partial charge in [-0.1, -0.05) is 0 Å². The molecule has 0 amide bonds. The number of nitrogens with zero attached hydrogens (tertiary/aromatic N) is 1. The van der Waals surface area contributed by atoms with E-state index in [9.17, 15) is 0 Å². The Labute approximate surface area is 90.0 Å². The van der Waals surface area contributed by atoms with Gasteiger partial charge in [0.2, 0.25) is 6.34 Å². The van der Waals surface area contributed by atoms with Crippen molar-refractivity contribution in [1.82, 2.24) is 0 Å². The third-order valence-corrected chi connectivity index (χ3v) is 1.59. The van der Waals surface area contributed by atoms with Crippen molar-refractivity contribution < 1.29 is 22.9 Å². The quantitative estimate of drug-likeness (QED) is 0.641. The first-order chi connectivity index (χ1) is 6.75. The van der Waals surface area contributed by atoms with Crippen LogP contribution in [0.25, 0.3) is 0 Å². The molecular formula is C8H16N2O4S. The fraction of sp³-hybridized carbons (Fsp3) is 0.625. The van der Waals surface area contributed by atoms with Gasteiger partial charge in [0, 0.05) is 13.2 Å². The van der Waals surface area contributed by atoms with Gasteiger partial charge in [0.05, 0.1) is 10.1 Å². The van der Waals surface area contributed by atoms with E-state index in [1.54, 1.807) is 6.34 Å². The van der Waals surface area contributed by atoms with Crippen molar-refractivity contribution in [3.05, 3.63) is 11.4 Å². The topological polar surface area (TPSA) is 83.2 Å². The molecule has 0 radical (unpaired) electrons. The second-order valence-corrected chi connectivity index (χ2v) is 4.38. The summed E-state index contributed by atoms with van der Waals surface area (Å²) in [5.74, 6) is 0. The molecule has 0 fully saturated rings. The highest BCUT2D eigenvalue weighted by Gasteiger charge is 2.18. The molecular weight excluding hydrogens is 220 g/mol. The van der Waals surface area contributed by atoms with E-state index in [-0.39, 0.29) is 0 Å². The van der Waals surface area contributed by atoms with Gasteiger partial charge in [-0.05, 0) is 13.8 Å². The van der Waals surface area contributed by atoms with E-state index in [0.29, 0.717) is 12.9 Å². The number of nitrogens with one attached hydrogen (secondary N) is 1. The molecule has 0 aromatic carbocycles. The fourth-order valence-electron chi connectivity index (χ4n) is 0.828. The van der Waals surface area contributed by atoms with Crippen LogP contribution in [0.15, 0.2) is 16.4 Å². The SMILES string of the molecule is CCO[NH+]1C=NC(C)=C1C.CS(=O)(=O)[O-]. The van der Waals surface area contributed by atoms with Gasteiger partial charge in [-0.15, -0.1) is 5.06 Å². The minimum absolute atomic E-state index is 0.604. The van der Waals surface area contributed by atoms with Crippen molar-refractivity contribution in [1.29, 1.82) is 0 Å². The highest BCUT2D eigenvalue weighted by atomic mass is 32.2. The standard InChI is InChI=1S/C7H12N2O.CH4O3S/c1-4-10-9-5-8-6(2)7(9)3;1-5(2,3)4/h5H,4H2,1-3H3;1H3,(H,2,3,4).